The molecular weight excluding hydrogens is 490 g/mol. The monoisotopic (exact) mass is 529 g/mol. The van der Waals surface area contributed by atoms with Gasteiger partial charge < -0.3 is 19.5 Å². The van der Waals surface area contributed by atoms with E-state index in [4.69, 9.17) is 14.2 Å². The lowest BCUT2D eigenvalue weighted by atomic mass is 9.80. The van der Waals surface area contributed by atoms with Gasteiger partial charge in [0.15, 0.2) is 0 Å². The molecule has 0 bridgehead atoms. The first kappa shape index (κ1) is 29.5. The predicted molar refractivity (Wildman–Crippen MR) is 156 cm³/mol. The summed E-state index contributed by atoms with van der Waals surface area (Å²) in [6.45, 7) is 6.75. The van der Waals surface area contributed by atoms with Crippen molar-refractivity contribution in [2.45, 2.75) is 45.1 Å². The number of unbranched alkanes of at least 4 members (excludes halogenated alkanes) is 3. The highest BCUT2D eigenvalue weighted by Crippen LogP contribution is 2.39. The fourth-order valence-corrected chi connectivity index (χ4v) is 4.71. The highest BCUT2D eigenvalue weighted by Gasteiger charge is 2.27. The number of benzene rings is 3. The number of esters is 2. The van der Waals surface area contributed by atoms with Crippen molar-refractivity contribution in [1.29, 1.82) is 0 Å². The minimum atomic E-state index is -0.368. The molecule has 6 heteroatoms. The lowest BCUT2D eigenvalue weighted by Crippen LogP contribution is -2.22. The maximum atomic E-state index is 12.1. The van der Waals surface area contributed by atoms with Crippen molar-refractivity contribution >= 4 is 23.2 Å². The Morgan fingerprint density at radius 1 is 0.744 bits per heavy atom. The van der Waals surface area contributed by atoms with Crippen LogP contribution in [-0.2, 0) is 9.47 Å². The number of hydrogen-bond acceptors (Lipinski definition) is 6. The van der Waals surface area contributed by atoms with Gasteiger partial charge >= 0.3 is 11.9 Å². The first-order valence-corrected chi connectivity index (χ1v) is 13.4. The molecule has 3 aromatic rings. The van der Waals surface area contributed by atoms with Gasteiger partial charge in [-0.1, -0.05) is 63.5 Å². The molecule has 0 aliphatic carbocycles. The topological polar surface area (TPSA) is 73.9 Å². The molecule has 206 valence electrons. The van der Waals surface area contributed by atoms with E-state index in [0.29, 0.717) is 11.1 Å². The number of nitrogens with one attached hydrogen (secondary N) is 1. The van der Waals surface area contributed by atoms with E-state index in [1.807, 2.05) is 48.5 Å². The van der Waals surface area contributed by atoms with E-state index in [1.165, 1.54) is 20.6 Å². The van der Waals surface area contributed by atoms with E-state index >= 15 is 0 Å². The van der Waals surface area contributed by atoms with Crippen LogP contribution in [0.15, 0.2) is 79.4 Å². The summed E-state index contributed by atoms with van der Waals surface area (Å²) < 4.78 is 15.1. The number of carbonyl (C=O) groups is 2. The molecule has 3 rings (SSSR count). The van der Waals surface area contributed by atoms with Gasteiger partial charge in [-0.05, 0) is 71.7 Å². The Hall–Kier alpha value is -4.06. The zero-order valence-electron chi connectivity index (χ0n) is 23.4. The van der Waals surface area contributed by atoms with E-state index in [-0.39, 0.29) is 23.9 Å². The Morgan fingerprint density at radius 3 is 1.79 bits per heavy atom. The molecular formula is C33H39NO5. The first-order chi connectivity index (χ1) is 18.9. The molecule has 0 saturated carbocycles. The average Bonchev–Trinajstić information content (AvgIpc) is 2.99. The van der Waals surface area contributed by atoms with Gasteiger partial charge in [0.1, 0.15) is 5.75 Å². The fourth-order valence-electron chi connectivity index (χ4n) is 4.71. The molecule has 0 unspecified atom stereocenters. The van der Waals surface area contributed by atoms with Gasteiger partial charge in [0.2, 0.25) is 0 Å². The number of anilines is 1. The number of methoxy groups -OCH3 is 3. The Balaban J connectivity index is 2.01. The van der Waals surface area contributed by atoms with Crippen LogP contribution in [0.5, 0.6) is 5.75 Å². The SMILES string of the molecule is C=C(c1ccc(C(=O)OC)cc1)[C@H](CCCCCC)[C@H](Nc1ccc(OC)cc1)c1ccc(C(=O)OC)cc1. The van der Waals surface area contributed by atoms with Gasteiger partial charge in [-0.2, -0.15) is 0 Å². The fraction of sp³-hybridized carbons (Fsp3) is 0.333. The third-order valence-corrected chi connectivity index (χ3v) is 7.00. The molecule has 1 N–H and O–H groups in total. The lowest BCUT2D eigenvalue weighted by molar-refractivity contribution is 0.0592. The maximum Gasteiger partial charge on any atom is 0.337 e. The number of carbonyl (C=O) groups excluding carboxylic acids is 2. The van der Waals surface area contributed by atoms with Gasteiger partial charge in [0, 0.05) is 11.6 Å². The van der Waals surface area contributed by atoms with Crippen LogP contribution in [0.2, 0.25) is 0 Å². The van der Waals surface area contributed by atoms with Crippen LogP contribution in [0.4, 0.5) is 5.69 Å². The van der Waals surface area contributed by atoms with Crippen molar-refractivity contribution in [2.24, 2.45) is 5.92 Å². The van der Waals surface area contributed by atoms with Gasteiger partial charge in [-0.25, -0.2) is 9.59 Å². The third kappa shape index (κ3) is 7.96. The van der Waals surface area contributed by atoms with E-state index in [9.17, 15) is 9.59 Å². The van der Waals surface area contributed by atoms with Crippen molar-refractivity contribution in [2.75, 3.05) is 26.6 Å². The first-order valence-electron chi connectivity index (χ1n) is 13.4. The van der Waals surface area contributed by atoms with E-state index in [2.05, 4.69) is 18.8 Å². The normalized spacial score (nSPS) is 12.2. The molecule has 0 aliphatic heterocycles. The lowest BCUT2D eigenvalue weighted by Gasteiger charge is -2.32. The molecule has 3 aromatic carbocycles. The van der Waals surface area contributed by atoms with E-state index in [1.54, 1.807) is 31.4 Å². The molecule has 0 spiro atoms. The molecule has 0 aromatic heterocycles. The standard InChI is InChI=1S/C33H39NO5/c1-6-7-8-9-10-30(23(2)24-11-15-26(16-12-24)32(35)38-4)31(34-28-19-21-29(37-3)22-20-28)25-13-17-27(18-14-25)33(36)39-5/h11-22,30-31,34H,2,6-10H2,1,3-5H3/t30-,31+/m0/s1. The van der Waals surface area contributed by atoms with Crippen molar-refractivity contribution < 1.29 is 23.8 Å². The summed E-state index contributed by atoms with van der Waals surface area (Å²) in [7, 11) is 4.41. The predicted octanol–water partition coefficient (Wildman–Crippen LogP) is 7.72. The molecule has 0 saturated heterocycles. The average molecular weight is 530 g/mol. The van der Waals surface area contributed by atoms with Crippen LogP contribution in [0.1, 0.15) is 76.9 Å². The summed E-state index contributed by atoms with van der Waals surface area (Å²) >= 11 is 0. The van der Waals surface area contributed by atoms with Crippen LogP contribution in [-0.4, -0.2) is 33.3 Å². The van der Waals surface area contributed by atoms with Gasteiger partial charge in [-0.15, -0.1) is 0 Å². The van der Waals surface area contributed by atoms with Crippen LogP contribution in [0, 0.1) is 5.92 Å². The summed E-state index contributed by atoms with van der Waals surface area (Å²) in [6, 6.07) is 22.7. The summed E-state index contributed by atoms with van der Waals surface area (Å²) in [5.74, 6) is 0.0862. The highest BCUT2D eigenvalue weighted by molar-refractivity contribution is 5.90. The Kier molecular flexibility index (Phi) is 11.2. The molecule has 2 atom stereocenters. The Bertz CT molecular complexity index is 1220. The van der Waals surface area contributed by atoms with E-state index < -0.39 is 0 Å². The van der Waals surface area contributed by atoms with Crippen molar-refractivity contribution in [1.82, 2.24) is 0 Å². The zero-order valence-corrected chi connectivity index (χ0v) is 23.4. The quantitative estimate of drug-likeness (QED) is 0.170. The maximum absolute atomic E-state index is 12.1. The number of ether oxygens (including phenoxy) is 3. The van der Waals surface area contributed by atoms with Crippen molar-refractivity contribution in [3.63, 3.8) is 0 Å². The van der Waals surface area contributed by atoms with Gasteiger partial charge in [0.25, 0.3) is 0 Å². The Labute approximate surface area is 232 Å². The minimum absolute atomic E-state index is 0.0388. The van der Waals surface area contributed by atoms with Crippen molar-refractivity contribution in [3.8, 4) is 5.75 Å². The largest absolute Gasteiger partial charge is 0.497 e. The highest BCUT2D eigenvalue weighted by atomic mass is 16.5. The third-order valence-electron chi connectivity index (χ3n) is 7.00. The second-order valence-corrected chi connectivity index (χ2v) is 9.51. The van der Waals surface area contributed by atoms with Gasteiger partial charge in [0.05, 0.1) is 38.5 Å². The minimum Gasteiger partial charge on any atom is -0.497 e. The number of hydrogen-bond donors (Lipinski definition) is 1. The van der Waals surface area contributed by atoms with E-state index in [0.717, 1.165) is 53.8 Å². The van der Waals surface area contributed by atoms with Gasteiger partial charge in [-0.3, -0.25) is 0 Å². The second kappa shape index (κ2) is 14.8. The molecule has 0 aliphatic rings. The zero-order chi connectivity index (χ0) is 28.2. The Morgan fingerprint density at radius 2 is 1.28 bits per heavy atom. The molecule has 39 heavy (non-hydrogen) atoms. The van der Waals surface area contributed by atoms with Crippen LogP contribution >= 0.6 is 0 Å². The van der Waals surface area contributed by atoms with Crippen molar-refractivity contribution in [3.05, 3.63) is 102 Å². The summed E-state index contributed by atoms with van der Waals surface area (Å²) in [5.41, 5.74) is 4.93. The van der Waals surface area contributed by atoms with Crippen LogP contribution in [0.3, 0.4) is 0 Å². The molecule has 0 fully saturated rings. The smallest absolute Gasteiger partial charge is 0.337 e. The molecule has 6 nitrogen and oxygen atoms in total. The summed E-state index contributed by atoms with van der Waals surface area (Å²) in [6.07, 6.45) is 5.45. The number of rotatable bonds is 14. The summed E-state index contributed by atoms with van der Waals surface area (Å²) in [4.78, 5) is 24.1. The second-order valence-electron chi connectivity index (χ2n) is 9.51. The molecule has 0 radical (unpaired) electrons. The summed E-state index contributed by atoms with van der Waals surface area (Å²) in [5, 5.41) is 3.73. The molecule has 0 heterocycles. The van der Waals surface area contributed by atoms with Crippen LogP contribution in [0.25, 0.3) is 5.57 Å². The van der Waals surface area contributed by atoms with Crippen LogP contribution < -0.4 is 10.1 Å². The molecule has 0 amide bonds.